The van der Waals surface area contributed by atoms with Crippen molar-refractivity contribution in [3.63, 3.8) is 0 Å². The van der Waals surface area contributed by atoms with E-state index in [9.17, 15) is 5.11 Å². The highest BCUT2D eigenvalue weighted by Crippen LogP contribution is 2.21. The predicted octanol–water partition coefficient (Wildman–Crippen LogP) is 1.86. The summed E-state index contributed by atoms with van der Waals surface area (Å²) in [4.78, 5) is 2.51. The molecular weight excluding hydrogens is 212 g/mol. The molecule has 2 atom stereocenters. The number of aliphatic hydroxyl groups is 1. The van der Waals surface area contributed by atoms with Gasteiger partial charge in [0.2, 0.25) is 0 Å². The van der Waals surface area contributed by atoms with Crippen molar-refractivity contribution in [3.05, 3.63) is 0 Å². The van der Waals surface area contributed by atoms with Gasteiger partial charge in [0.25, 0.3) is 0 Å². The molecule has 2 N–H and O–H groups in total. The van der Waals surface area contributed by atoms with Crippen LogP contribution in [0.25, 0.3) is 0 Å². The van der Waals surface area contributed by atoms with E-state index >= 15 is 0 Å². The summed E-state index contributed by atoms with van der Waals surface area (Å²) in [5.41, 5.74) is -0.528. The molecule has 102 valence electrons. The van der Waals surface area contributed by atoms with Gasteiger partial charge in [-0.05, 0) is 45.7 Å². The topological polar surface area (TPSA) is 35.5 Å². The van der Waals surface area contributed by atoms with Crippen LogP contribution in [-0.4, -0.2) is 47.8 Å². The normalized spacial score (nSPS) is 27.4. The van der Waals surface area contributed by atoms with Gasteiger partial charge in [0.1, 0.15) is 0 Å². The summed E-state index contributed by atoms with van der Waals surface area (Å²) in [6.45, 7) is 12.7. The van der Waals surface area contributed by atoms with E-state index in [0.29, 0.717) is 6.04 Å². The van der Waals surface area contributed by atoms with Crippen molar-refractivity contribution >= 4 is 0 Å². The SMILES string of the molecule is CCNC1CCN(CCC(C)(C)O)CC1CC. The van der Waals surface area contributed by atoms with Gasteiger partial charge < -0.3 is 15.3 Å². The van der Waals surface area contributed by atoms with Gasteiger partial charge in [-0.25, -0.2) is 0 Å². The van der Waals surface area contributed by atoms with Gasteiger partial charge in [0, 0.05) is 19.1 Å². The molecule has 0 radical (unpaired) electrons. The molecule has 1 saturated heterocycles. The van der Waals surface area contributed by atoms with E-state index in [4.69, 9.17) is 0 Å². The number of nitrogens with zero attached hydrogens (tertiary/aromatic N) is 1. The Bertz CT molecular complexity index is 213. The third kappa shape index (κ3) is 5.36. The first-order valence-corrected chi connectivity index (χ1v) is 7.14. The molecule has 1 aliphatic rings. The van der Waals surface area contributed by atoms with Crippen LogP contribution in [0, 0.1) is 5.92 Å². The van der Waals surface area contributed by atoms with Gasteiger partial charge in [0.05, 0.1) is 5.60 Å². The first kappa shape index (κ1) is 14.9. The maximum Gasteiger partial charge on any atom is 0.0603 e. The molecule has 1 heterocycles. The molecule has 0 saturated carbocycles. The van der Waals surface area contributed by atoms with Crippen LogP contribution >= 0.6 is 0 Å². The summed E-state index contributed by atoms with van der Waals surface area (Å²) in [7, 11) is 0. The fraction of sp³-hybridized carbons (Fsp3) is 1.00. The Morgan fingerprint density at radius 2 is 2.06 bits per heavy atom. The lowest BCUT2D eigenvalue weighted by Crippen LogP contribution is -2.49. The third-order valence-corrected chi connectivity index (χ3v) is 3.85. The highest BCUT2D eigenvalue weighted by molar-refractivity contribution is 4.85. The summed E-state index contributed by atoms with van der Waals surface area (Å²) >= 11 is 0. The summed E-state index contributed by atoms with van der Waals surface area (Å²) < 4.78 is 0. The van der Waals surface area contributed by atoms with Gasteiger partial charge in [-0.15, -0.1) is 0 Å². The molecule has 1 aliphatic heterocycles. The van der Waals surface area contributed by atoms with E-state index in [2.05, 4.69) is 24.1 Å². The fourth-order valence-corrected chi connectivity index (χ4v) is 2.69. The molecule has 1 fully saturated rings. The highest BCUT2D eigenvalue weighted by atomic mass is 16.3. The molecule has 0 aliphatic carbocycles. The van der Waals surface area contributed by atoms with Crippen molar-refractivity contribution in [2.75, 3.05) is 26.2 Å². The van der Waals surface area contributed by atoms with Gasteiger partial charge >= 0.3 is 0 Å². The molecule has 3 heteroatoms. The van der Waals surface area contributed by atoms with Gasteiger partial charge in [-0.1, -0.05) is 20.3 Å². The van der Waals surface area contributed by atoms with Crippen molar-refractivity contribution in [1.82, 2.24) is 10.2 Å². The Kier molecular flexibility index (Phi) is 5.90. The van der Waals surface area contributed by atoms with Crippen molar-refractivity contribution in [1.29, 1.82) is 0 Å². The molecule has 0 bridgehead atoms. The quantitative estimate of drug-likeness (QED) is 0.746. The van der Waals surface area contributed by atoms with Gasteiger partial charge in [-0.2, -0.15) is 0 Å². The molecule has 0 aromatic heterocycles. The van der Waals surface area contributed by atoms with Crippen LogP contribution in [0.4, 0.5) is 0 Å². The minimum Gasteiger partial charge on any atom is -0.390 e. The van der Waals surface area contributed by atoms with Gasteiger partial charge in [-0.3, -0.25) is 0 Å². The van der Waals surface area contributed by atoms with E-state index in [1.165, 1.54) is 25.9 Å². The van der Waals surface area contributed by atoms with Crippen LogP contribution in [0.3, 0.4) is 0 Å². The van der Waals surface area contributed by atoms with Crippen LogP contribution in [0.2, 0.25) is 0 Å². The molecule has 0 aromatic carbocycles. The second-order valence-corrected chi connectivity index (χ2v) is 5.98. The Labute approximate surface area is 107 Å². The summed E-state index contributed by atoms with van der Waals surface area (Å²) in [5.74, 6) is 0.769. The van der Waals surface area contributed by atoms with E-state index in [-0.39, 0.29) is 0 Å². The molecule has 0 aromatic rings. The van der Waals surface area contributed by atoms with Crippen LogP contribution in [0.15, 0.2) is 0 Å². The number of rotatable bonds is 6. The average Bonchev–Trinajstić information content (AvgIpc) is 2.27. The Hall–Kier alpha value is -0.120. The molecule has 17 heavy (non-hydrogen) atoms. The van der Waals surface area contributed by atoms with Crippen molar-refractivity contribution in [3.8, 4) is 0 Å². The predicted molar refractivity (Wildman–Crippen MR) is 73.2 cm³/mol. The number of piperidine rings is 1. The standard InChI is InChI=1S/C14H30N2O/c1-5-12-11-16(10-8-14(3,4)17)9-7-13(12)15-6-2/h12-13,15,17H,5-11H2,1-4H3. The van der Waals surface area contributed by atoms with Crippen molar-refractivity contribution < 1.29 is 5.11 Å². The Morgan fingerprint density at radius 1 is 1.35 bits per heavy atom. The lowest BCUT2D eigenvalue weighted by Gasteiger charge is -2.39. The molecule has 3 nitrogen and oxygen atoms in total. The zero-order chi connectivity index (χ0) is 12.9. The smallest absolute Gasteiger partial charge is 0.0603 e. The lowest BCUT2D eigenvalue weighted by molar-refractivity contribution is 0.0464. The number of hydrogen-bond donors (Lipinski definition) is 2. The zero-order valence-corrected chi connectivity index (χ0v) is 12.0. The number of likely N-dealkylation sites (tertiary alicyclic amines) is 1. The summed E-state index contributed by atoms with van der Waals surface area (Å²) in [6.07, 6.45) is 3.37. The second kappa shape index (κ2) is 6.72. The minimum absolute atomic E-state index is 0.528. The third-order valence-electron chi connectivity index (χ3n) is 3.85. The molecular formula is C14H30N2O. The van der Waals surface area contributed by atoms with E-state index in [0.717, 1.165) is 25.4 Å². The molecule has 2 unspecified atom stereocenters. The Morgan fingerprint density at radius 3 is 2.59 bits per heavy atom. The van der Waals surface area contributed by atoms with Crippen molar-refractivity contribution in [2.45, 2.75) is 58.6 Å². The lowest BCUT2D eigenvalue weighted by atomic mass is 9.89. The monoisotopic (exact) mass is 242 g/mol. The Balaban J connectivity index is 2.37. The highest BCUT2D eigenvalue weighted by Gasteiger charge is 2.27. The first-order chi connectivity index (χ1) is 7.96. The van der Waals surface area contributed by atoms with Crippen molar-refractivity contribution in [2.24, 2.45) is 5.92 Å². The van der Waals surface area contributed by atoms with Crippen LogP contribution in [0.1, 0.15) is 47.0 Å². The molecule has 1 rings (SSSR count). The van der Waals surface area contributed by atoms with Crippen LogP contribution in [0.5, 0.6) is 0 Å². The van der Waals surface area contributed by atoms with E-state index in [1.54, 1.807) is 0 Å². The van der Waals surface area contributed by atoms with Gasteiger partial charge in [0.15, 0.2) is 0 Å². The summed E-state index contributed by atoms with van der Waals surface area (Å²) in [5, 5.41) is 13.4. The largest absolute Gasteiger partial charge is 0.390 e. The van der Waals surface area contributed by atoms with E-state index in [1.807, 2.05) is 13.8 Å². The zero-order valence-electron chi connectivity index (χ0n) is 12.0. The number of hydrogen-bond acceptors (Lipinski definition) is 3. The first-order valence-electron chi connectivity index (χ1n) is 7.14. The second-order valence-electron chi connectivity index (χ2n) is 5.98. The minimum atomic E-state index is -0.528. The molecule has 0 spiro atoms. The molecule has 0 amide bonds. The van der Waals surface area contributed by atoms with Crippen LogP contribution < -0.4 is 5.32 Å². The maximum atomic E-state index is 9.77. The number of nitrogens with one attached hydrogen (secondary N) is 1. The maximum absolute atomic E-state index is 9.77. The van der Waals surface area contributed by atoms with E-state index < -0.39 is 5.60 Å². The summed E-state index contributed by atoms with van der Waals surface area (Å²) in [6, 6.07) is 0.698. The van der Waals surface area contributed by atoms with Crippen LogP contribution in [-0.2, 0) is 0 Å². The average molecular weight is 242 g/mol. The fourth-order valence-electron chi connectivity index (χ4n) is 2.69.